The van der Waals surface area contributed by atoms with Crippen LogP contribution >= 0.6 is 27.5 Å². The normalized spacial score (nSPS) is 12.2. The van der Waals surface area contributed by atoms with E-state index in [-0.39, 0.29) is 11.9 Å². The molecule has 88 valence electrons. The first-order valence-electron chi connectivity index (χ1n) is 4.99. The van der Waals surface area contributed by atoms with E-state index in [4.69, 9.17) is 17.3 Å². The number of hydrogen-bond acceptors (Lipinski definition) is 2. The molecule has 1 aromatic carbocycles. The number of anilines is 1. The van der Waals surface area contributed by atoms with E-state index in [9.17, 15) is 4.79 Å². The van der Waals surface area contributed by atoms with Crippen LogP contribution in [0, 0.1) is 0 Å². The molecule has 0 aliphatic rings. The minimum absolute atomic E-state index is 0.0410. The first kappa shape index (κ1) is 13.5. The molecule has 0 bridgehead atoms. The average Bonchev–Trinajstić information content (AvgIpc) is 2.21. The number of hydrogen-bond donors (Lipinski definition) is 2. The van der Waals surface area contributed by atoms with Gasteiger partial charge in [-0.3, -0.25) is 4.79 Å². The molecule has 0 radical (unpaired) electrons. The molecule has 0 heterocycles. The molecule has 3 N–H and O–H groups in total. The number of amides is 1. The van der Waals surface area contributed by atoms with Gasteiger partial charge in [-0.1, -0.05) is 11.6 Å². The van der Waals surface area contributed by atoms with Crippen LogP contribution in [0.2, 0.25) is 5.02 Å². The summed E-state index contributed by atoms with van der Waals surface area (Å²) in [6.07, 6.45) is 1.10. The monoisotopic (exact) mass is 304 g/mol. The van der Waals surface area contributed by atoms with Gasteiger partial charge in [-0.25, -0.2) is 0 Å². The Kier molecular flexibility index (Phi) is 5.25. The Labute approximate surface area is 108 Å². The average molecular weight is 306 g/mol. The number of nitrogens with two attached hydrogens (primary N) is 1. The maximum atomic E-state index is 11.5. The smallest absolute Gasteiger partial charge is 0.224 e. The molecular weight excluding hydrogens is 291 g/mol. The summed E-state index contributed by atoms with van der Waals surface area (Å²) < 4.78 is 0.808. The summed E-state index contributed by atoms with van der Waals surface area (Å²) in [6.45, 7) is 1.88. The van der Waals surface area contributed by atoms with Crippen molar-refractivity contribution in [1.82, 2.24) is 0 Å². The van der Waals surface area contributed by atoms with Crippen molar-refractivity contribution in [1.29, 1.82) is 0 Å². The molecule has 1 unspecified atom stereocenters. The summed E-state index contributed by atoms with van der Waals surface area (Å²) in [6, 6.07) is 5.33. The topological polar surface area (TPSA) is 55.1 Å². The van der Waals surface area contributed by atoms with Gasteiger partial charge < -0.3 is 11.1 Å². The lowest BCUT2D eigenvalue weighted by Gasteiger charge is -2.07. The zero-order valence-electron chi connectivity index (χ0n) is 8.97. The van der Waals surface area contributed by atoms with Crippen LogP contribution in [-0.4, -0.2) is 11.9 Å². The fourth-order valence-electron chi connectivity index (χ4n) is 1.16. The molecule has 16 heavy (non-hydrogen) atoms. The molecule has 3 nitrogen and oxygen atoms in total. The van der Waals surface area contributed by atoms with Crippen molar-refractivity contribution in [3.05, 3.63) is 27.7 Å². The fraction of sp³-hybridized carbons (Fsp3) is 0.364. The van der Waals surface area contributed by atoms with Gasteiger partial charge in [0.2, 0.25) is 5.91 Å². The third-order valence-corrected chi connectivity index (χ3v) is 3.26. The van der Waals surface area contributed by atoms with Crippen molar-refractivity contribution in [3.63, 3.8) is 0 Å². The van der Waals surface area contributed by atoms with Crippen molar-refractivity contribution >= 4 is 39.1 Å². The number of halogens is 2. The lowest BCUT2D eigenvalue weighted by atomic mass is 10.2. The van der Waals surface area contributed by atoms with Gasteiger partial charge in [-0.15, -0.1) is 0 Å². The van der Waals surface area contributed by atoms with Crippen molar-refractivity contribution in [3.8, 4) is 0 Å². The predicted octanol–water partition coefficient (Wildman–Crippen LogP) is 3.17. The van der Waals surface area contributed by atoms with Crippen LogP contribution in [0.15, 0.2) is 22.7 Å². The molecule has 0 spiro atoms. The molecule has 1 rings (SSSR count). The Morgan fingerprint density at radius 2 is 2.31 bits per heavy atom. The highest BCUT2D eigenvalue weighted by Gasteiger charge is 2.05. The van der Waals surface area contributed by atoms with E-state index in [1.54, 1.807) is 18.2 Å². The molecule has 0 saturated carbocycles. The zero-order valence-corrected chi connectivity index (χ0v) is 11.3. The fourth-order valence-corrected chi connectivity index (χ4v) is 1.58. The number of carbonyl (C=O) groups excluding carboxylic acids is 1. The molecule has 0 aliphatic heterocycles. The molecule has 0 aliphatic carbocycles. The molecule has 1 amide bonds. The highest BCUT2D eigenvalue weighted by atomic mass is 79.9. The number of carbonyl (C=O) groups is 1. The quantitative estimate of drug-likeness (QED) is 0.897. The van der Waals surface area contributed by atoms with E-state index in [2.05, 4.69) is 21.2 Å². The van der Waals surface area contributed by atoms with Crippen LogP contribution in [0.1, 0.15) is 19.8 Å². The maximum absolute atomic E-state index is 11.5. The third-order valence-electron chi connectivity index (χ3n) is 2.03. The van der Waals surface area contributed by atoms with E-state index in [1.807, 2.05) is 6.92 Å². The Morgan fingerprint density at radius 1 is 1.62 bits per heavy atom. The lowest BCUT2D eigenvalue weighted by molar-refractivity contribution is -0.116. The number of rotatable bonds is 4. The van der Waals surface area contributed by atoms with Crippen LogP contribution in [0.4, 0.5) is 5.69 Å². The molecule has 1 aromatic rings. The summed E-state index contributed by atoms with van der Waals surface area (Å²) in [5, 5.41) is 3.34. The van der Waals surface area contributed by atoms with Gasteiger partial charge >= 0.3 is 0 Å². The highest BCUT2D eigenvalue weighted by molar-refractivity contribution is 9.10. The first-order valence-corrected chi connectivity index (χ1v) is 6.16. The van der Waals surface area contributed by atoms with Crippen molar-refractivity contribution < 1.29 is 4.79 Å². The summed E-state index contributed by atoms with van der Waals surface area (Å²) in [5.41, 5.74) is 6.27. The highest BCUT2D eigenvalue weighted by Crippen LogP contribution is 2.25. The van der Waals surface area contributed by atoms with Gasteiger partial charge in [0, 0.05) is 22.6 Å². The van der Waals surface area contributed by atoms with Crippen LogP contribution in [-0.2, 0) is 4.79 Å². The van der Waals surface area contributed by atoms with Crippen LogP contribution in [0.25, 0.3) is 0 Å². The summed E-state index contributed by atoms with van der Waals surface area (Å²) >= 11 is 9.19. The van der Waals surface area contributed by atoms with Gasteiger partial charge in [0.1, 0.15) is 0 Å². The third kappa shape index (κ3) is 4.51. The van der Waals surface area contributed by atoms with Crippen molar-refractivity contribution in [2.24, 2.45) is 5.73 Å². The molecular formula is C11H14BrClN2O. The van der Waals surface area contributed by atoms with Crippen LogP contribution in [0.3, 0.4) is 0 Å². The first-order chi connectivity index (χ1) is 7.49. The Morgan fingerprint density at radius 3 is 2.88 bits per heavy atom. The SMILES string of the molecule is CC(N)CCC(=O)Nc1ccc(Br)c(Cl)c1. The minimum Gasteiger partial charge on any atom is -0.328 e. The van der Waals surface area contributed by atoms with Gasteiger partial charge in [-0.05, 0) is 47.5 Å². The molecule has 0 fully saturated rings. The van der Waals surface area contributed by atoms with E-state index in [0.29, 0.717) is 23.6 Å². The zero-order chi connectivity index (χ0) is 12.1. The van der Waals surface area contributed by atoms with E-state index >= 15 is 0 Å². The maximum Gasteiger partial charge on any atom is 0.224 e. The summed E-state index contributed by atoms with van der Waals surface area (Å²) in [4.78, 5) is 11.5. The largest absolute Gasteiger partial charge is 0.328 e. The number of benzene rings is 1. The molecule has 1 atom stereocenters. The Bertz CT molecular complexity index is 382. The second-order valence-electron chi connectivity index (χ2n) is 3.69. The molecule has 0 aromatic heterocycles. The number of nitrogens with one attached hydrogen (secondary N) is 1. The Hall–Kier alpha value is -0.580. The van der Waals surface area contributed by atoms with E-state index in [0.717, 1.165) is 4.47 Å². The van der Waals surface area contributed by atoms with Crippen LogP contribution < -0.4 is 11.1 Å². The summed E-state index contributed by atoms with van der Waals surface area (Å²) in [5.74, 6) is -0.0457. The van der Waals surface area contributed by atoms with Gasteiger partial charge in [0.05, 0.1) is 5.02 Å². The predicted molar refractivity (Wildman–Crippen MR) is 70.7 cm³/mol. The van der Waals surface area contributed by atoms with Gasteiger partial charge in [0.25, 0.3) is 0 Å². The summed E-state index contributed by atoms with van der Waals surface area (Å²) in [7, 11) is 0. The second-order valence-corrected chi connectivity index (χ2v) is 4.95. The standard InChI is InChI=1S/C11H14BrClN2O/c1-7(14)2-5-11(16)15-8-3-4-9(12)10(13)6-8/h3-4,6-7H,2,5,14H2,1H3,(H,15,16). The van der Waals surface area contributed by atoms with Crippen molar-refractivity contribution in [2.75, 3.05) is 5.32 Å². The van der Waals surface area contributed by atoms with Crippen LogP contribution in [0.5, 0.6) is 0 Å². The van der Waals surface area contributed by atoms with Crippen molar-refractivity contribution in [2.45, 2.75) is 25.8 Å². The molecule has 5 heteroatoms. The van der Waals surface area contributed by atoms with E-state index < -0.39 is 0 Å². The second kappa shape index (κ2) is 6.23. The van der Waals surface area contributed by atoms with Gasteiger partial charge in [0.15, 0.2) is 0 Å². The Balaban J connectivity index is 2.53. The van der Waals surface area contributed by atoms with Gasteiger partial charge in [-0.2, -0.15) is 0 Å². The molecule has 0 saturated heterocycles. The minimum atomic E-state index is -0.0457. The van der Waals surface area contributed by atoms with E-state index in [1.165, 1.54) is 0 Å². The lowest BCUT2D eigenvalue weighted by Crippen LogP contribution is -2.19.